The molecule has 1 aliphatic heterocycles. The Morgan fingerprint density at radius 3 is 2.50 bits per heavy atom. The topological polar surface area (TPSA) is 132 Å². The van der Waals surface area contributed by atoms with Crippen molar-refractivity contribution in [2.75, 3.05) is 18.1 Å². The Morgan fingerprint density at radius 2 is 1.89 bits per heavy atom. The van der Waals surface area contributed by atoms with Gasteiger partial charge in [0.15, 0.2) is 9.84 Å². The summed E-state index contributed by atoms with van der Waals surface area (Å²) >= 11 is 0. The van der Waals surface area contributed by atoms with Crippen molar-refractivity contribution < 1.29 is 22.7 Å². The molecule has 0 bridgehead atoms. The fourth-order valence-electron chi connectivity index (χ4n) is 2.97. The standard InChI is InChI=1S/C17H21N5O5S/c1-3-27-17-11(5-4-6-18-17)15(23)20-13-8-28(25,26)9-14(13)21-16(24)12-7-22(2)10-19-12/h4-7,10,13-14H,3,8-9H2,1-2H3,(H,20,23)(H,21,24)/t13-,14-/m1/s1. The molecule has 0 unspecified atom stereocenters. The lowest BCUT2D eigenvalue weighted by Crippen LogP contribution is -2.51. The van der Waals surface area contributed by atoms with Crippen LogP contribution in [-0.2, 0) is 16.9 Å². The zero-order valence-electron chi connectivity index (χ0n) is 15.5. The van der Waals surface area contributed by atoms with Crippen molar-refractivity contribution in [2.24, 2.45) is 7.05 Å². The largest absolute Gasteiger partial charge is 0.477 e. The SMILES string of the molecule is CCOc1ncccc1C(=O)N[C@@H]1CS(=O)(=O)C[C@H]1NC(=O)c1cn(C)cn1. The van der Waals surface area contributed by atoms with Crippen molar-refractivity contribution in [3.63, 3.8) is 0 Å². The highest BCUT2D eigenvalue weighted by Crippen LogP contribution is 2.18. The maximum Gasteiger partial charge on any atom is 0.271 e. The summed E-state index contributed by atoms with van der Waals surface area (Å²) in [5, 5.41) is 5.34. The Labute approximate surface area is 162 Å². The van der Waals surface area contributed by atoms with Crippen LogP contribution in [0.4, 0.5) is 0 Å². The molecule has 2 aromatic rings. The molecule has 3 rings (SSSR count). The second-order valence-corrected chi connectivity index (χ2v) is 8.60. The van der Waals surface area contributed by atoms with Gasteiger partial charge in [-0.1, -0.05) is 0 Å². The van der Waals surface area contributed by atoms with Gasteiger partial charge in [-0.05, 0) is 19.1 Å². The molecule has 10 nitrogen and oxygen atoms in total. The number of pyridine rings is 1. The minimum Gasteiger partial charge on any atom is -0.477 e. The first-order valence-corrected chi connectivity index (χ1v) is 10.5. The molecule has 2 amide bonds. The van der Waals surface area contributed by atoms with Gasteiger partial charge in [-0.15, -0.1) is 0 Å². The number of ether oxygens (including phenoxy) is 1. The van der Waals surface area contributed by atoms with Crippen LogP contribution in [0.3, 0.4) is 0 Å². The zero-order chi connectivity index (χ0) is 20.3. The number of hydrogen-bond donors (Lipinski definition) is 2. The minimum absolute atomic E-state index is 0.164. The monoisotopic (exact) mass is 407 g/mol. The fraction of sp³-hybridized carbons (Fsp3) is 0.412. The highest BCUT2D eigenvalue weighted by Gasteiger charge is 2.40. The maximum atomic E-state index is 12.7. The van der Waals surface area contributed by atoms with Crippen LogP contribution in [0.15, 0.2) is 30.9 Å². The molecule has 2 atom stereocenters. The summed E-state index contributed by atoms with van der Waals surface area (Å²) in [5.74, 6) is -1.38. The van der Waals surface area contributed by atoms with Gasteiger partial charge in [-0.3, -0.25) is 9.59 Å². The number of carbonyl (C=O) groups excluding carboxylic acids is 2. The molecule has 3 heterocycles. The summed E-state index contributed by atoms with van der Waals surface area (Å²) < 4.78 is 31.2. The molecule has 1 aliphatic rings. The molecule has 0 saturated carbocycles. The molecule has 1 saturated heterocycles. The first kappa shape index (κ1) is 19.8. The van der Waals surface area contributed by atoms with Gasteiger partial charge in [0.05, 0.1) is 36.5 Å². The Balaban J connectivity index is 1.75. The predicted octanol–water partition coefficient (Wildman–Crippen LogP) is -0.461. The lowest BCUT2D eigenvalue weighted by atomic mass is 10.1. The number of amides is 2. The average molecular weight is 407 g/mol. The maximum absolute atomic E-state index is 12.7. The Hall–Kier alpha value is -2.95. The van der Waals surface area contributed by atoms with Crippen molar-refractivity contribution in [3.8, 4) is 5.88 Å². The summed E-state index contributed by atoms with van der Waals surface area (Å²) in [7, 11) is -1.70. The van der Waals surface area contributed by atoms with E-state index in [1.54, 1.807) is 24.6 Å². The van der Waals surface area contributed by atoms with Gasteiger partial charge in [0.25, 0.3) is 11.8 Å². The summed E-state index contributed by atoms with van der Waals surface area (Å²) in [6.07, 6.45) is 4.49. The van der Waals surface area contributed by atoms with Crippen molar-refractivity contribution in [3.05, 3.63) is 42.1 Å². The normalized spacial score (nSPS) is 20.5. The van der Waals surface area contributed by atoms with E-state index in [0.717, 1.165) is 0 Å². The molecule has 0 spiro atoms. The van der Waals surface area contributed by atoms with Gasteiger partial charge >= 0.3 is 0 Å². The van der Waals surface area contributed by atoms with Crippen LogP contribution in [0, 0.1) is 0 Å². The smallest absolute Gasteiger partial charge is 0.271 e. The van der Waals surface area contributed by atoms with Crippen molar-refractivity contribution in [1.82, 2.24) is 25.2 Å². The van der Waals surface area contributed by atoms with Crippen LogP contribution in [0.25, 0.3) is 0 Å². The molecular formula is C17H21N5O5S. The zero-order valence-corrected chi connectivity index (χ0v) is 16.3. The fourth-order valence-corrected chi connectivity index (χ4v) is 4.83. The van der Waals surface area contributed by atoms with Crippen LogP contribution in [-0.4, -0.2) is 65.0 Å². The summed E-state index contributed by atoms with van der Waals surface area (Å²) in [6.45, 7) is 2.10. The first-order chi connectivity index (χ1) is 13.3. The molecule has 0 radical (unpaired) electrons. The number of sulfone groups is 1. The molecule has 28 heavy (non-hydrogen) atoms. The number of hydrogen-bond acceptors (Lipinski definition) is 7. The predicted molar refractivity (Wildman–Crippen MR) is 99.8 cm³/mol. The highest BCUT2D eigenvalue weighted by molar-refractivity contribution is 7.91. The Morgan fingerprint density at radius 1 is 1.21 bits per heavy atom. The average Bonchev–Trinajstić information content (AvgIpc) is 3.18. The van der Waals surface area contributed by atoms with E-state index >= 15 is 0 Å². The third-order valence-electron chi connectivity index (χ3n) is 4.22. The lowest BCUT2D eigenvalue weighted by Gasteiger charge is -2.20. The molecule has 0 aliphatic carbocycles. The number of imidazole rings is 1. The van der Waals surface area contributed by atoms with E-state index in [0.29, 0.717) is 6.61 Å². The van der Waals surface area contributed by atoms with Gasteiger partial charge in [-0.2, -0.15) is 0 Å². The van der Waals surface area contributed by atoms with Crippen LogP contribution < -0.4 is 15.4 Å². The van der Waals surface area contributed by atoms with Crippen molar-refractivity contribution in [2.45, 2.75) is 19.0 Å². The third kappa shape index (κ3) is 4.47. The van der Waals surface area contributed by atoms with E-state index in [-0.39, 0.29) is 28.6 Å². The number of carbonyl (C=O) groups is 2. The Bertz CT molecular complexity index is 987. The van der Waals surface area contributed by atoms with E-state index in [4.69, 9.17) is 4.74 Å². The molecular weight excluding hydrogens is 386 g/mol. The summed E-state index contributed by atoms with van der Waals surface area (Å²) in [4.78, 5) is 33.0. The van der Waals surface area contributed by atoms with Gasteiger partial charge in [-0.25, -0.2) is 18.4 Å². The second-order valence-electron chi connectivity index (χ2n) is 6.45. The van der Waals surface area contributed by atoms with Crippen LogP contribution >= 0.6 is 0 Å². The quantitative estimate of drug-likeness (QED) is 0.662. The van der Waals surface area contributed by atoms with Gasteiger partial charge in [0.1, 0.15) is 11.3 Å². The molecule has 2 aromatic heterocycles. The number of nitrogens with one attached hydrogen (secondary N) is 2. The number of nitrogens with zero attached hydrogens (tertiary/aromatic N) is 3. The molecule has 11 heteroatoms. The first-order valence-electron chi connectivity index (χ1n) is 8.67. The number of rotatable bonds is 6. The van der Waals surface area contributed by atoms with Gasteiger partial charge < -0.3 is 19.9 Å². The van der Waals surface area contributed by atoms with Gasteiger partial charge in [0, 0.05) is 19.4 Å². The number of aryl methyl sites for hydroxylation is 1. The van der Waals surface area contributed by atoms with E-state index in [1.165, 1.54) is 24.8 Å². The van der Waals surface area contributed by atoms with Crippen LogP contribution in [0.5, 0.6) is 5.88 Å². The molecule has 150 valence electrons. The van der Waals surface area contributed by atoms with Crippen molar-refractivity contribution >= 4 is 21.7 Å². The summed E-state index contributed by atoms with van der Waals surface area (Å²) in [5.41, 5.74) is 0.367. The second kappa shape index (κ2) is 7.97. The van der Waals surface area contributed by atoms with Gasteiger partial charge in [0.2, 0.25) is 5.88 Å². The van der Waals surface area contributed by atoms with E-state index < -0.39 is 33.7 Å². The van der Waals surface area contributed by atoms with Crippen LogP contribution in [0.2, 0.25) is 0 Å². The lowest BCUT2D eigenvalue weighted by molar-refractivity contribution is 0.0891. The van der Waals surface area contributed by atoms with Crippen molar-refractivity contribution in [1.29, 1.82) is 0 Å². The molecule has 0 aromatic carbocycles. The van der Waals surface area contributed by atoms with E-state index in [1.807, 2.05) is 0 Å². The Kier molecular flexibility index (Phi) is 5.63. The number of aromatic nitrogens is 3. The van der Waals surface area contributed by atoms with Crippen LogP contribution in [0.1, 0.15) is 27.8 Å². The molecule has 1 fully saturated rings. The highest BCUT2D eigenvalue weighted by atomic mass is 32.2. The molecule has 2 N–H and O–H groups in total. The third-order valence-corrected chi connectivity index (χ3v) is 5.95. The minimum atomic E-state index is -3.42. The van der Waals surface area contributed by atoms with E-state index in [9.17, 15) is 18.0 Å². The summed E-state index contributed by atoms with van der Waals surface area (Å²) in [6, 6.07) is 1.58. The van der Waals surface area contributed by atoms with E-state index in [2.05, 4.69) is 20.6 Å².